The molecule has 9 nitrogen and oxygen atoms in total. The normalized spacial score (nSPS) is 28.8. The van der Waals surface area contributed by atoms with Gasteiger partial charge >= 0.3 is 5.97 Å². The van der Waals surface area contributed by atoms with Crippen LogP contribution in [0.3, 0.4) is 0 Å². The van der Waals surface area contributed by atoms with Gasteiger partial charge < -0.3 is 29.3 Å². The summed E-state index contributed by atoms with van der Waals surface area (Å²) in [5.74, 6) is -2.86. The van der Waals surface area contributed by atoms with Crippen molar-refractivity contribution in [3.63, 3.8) is 0 Å². The number of ether oxygens (including phenoxy) is 2. The number of rotatable bonds is 13. The lowest BCUT2D eigenvalue weighted by Gasteiger charge is -2.36. The highest BCUT2D eigenvalue weighted by atomic mass is 16.6. The summed E-state index contributed by atoms with van der Waals surface area (Å²) in [5, 5.41) is 9.85. The molecule has 3 aliphatic rings. The van der Waals surface area contributed by atoms with Crippen LogP contribution in [0.15, 0.2) is 49.6 Å². The highest BCUT2D eigenvalue weighted by molar-refractivity contribution is 6.05. The van der Waals surface area contributed by atoms with Gasteiger partial charge in [0, 0.05) is 37.6 Å². The molecule has 3 saturated heterocycles. The van der Waals surface area contributed by atoms with E-state index in [1.54, 1.807) is 17.1 Å². The maximum absolute atomic E-state index is 14.4. The Labute approximate surface area is 231 Å². The van der Waals surface area contributed by atoms with Gasteiger partial charge in [0.1, 0.15) is 17.6 Å². The fraction of sp³-hybridized carbons (Fsp3) is 0.567. The summed E-state index contributed by atoms with van der Waals surface area (Å²) in [6, 6.07) is 6.76. The second-order valence-electron chi connectivity index (χ2n) is 10.7. The van der Waals surface area contributed by atoms with E-state index in [-0.39, 0.29) is 38.1 Å². The number of hydrogen-bond acceptors (Lipinski definition) is 7. The molecular formula is C30H41N3O6. The lowest BCUT2D eigenvalue weighted by Crippen LogP contribution is -2.56. The number of aliphatic hydroxyl groups is 1. The molecule has 3 fully saturated rings. The standard InChI is InChI=1S/C30H41N3O6/c1-6-10-20-38-28(37)24-23-26(35)33(18-19-34)25(30(23)16-15-29(24,5)39-30)27(36)32(17-7-2)22-13-11-21(12-14-22)31(8-3)9-4/h6-7,11-14,23-25,34H,1-2,8-10,15-20H2,3-5H3/t23-,24-,25?,29+,30?/m0/s1. The molecule has 1 N–H and O–H groups in total. The maximum Gasteiger partial charge on any atom is 0.312 e. The van der Waals surface area contributed by atoms with Gasteiger partial charge in [-0.15, -0.1) is 13.2 Å². The number of amides is 2. The van der Waals surface area contributed by atoms with E-state index in [0.29, 0.717) is 24.9 Å². The summed E-state index contributed by atoms with van der Waals surface area (Å²) in [5.41, 5.74) is -0.369. The monoisotopic (exact) mass is 539 g/mol. The summed E-state index contributed by atoms with van der Waals surface area (Å²) in [6.07, 6.45) is 4.79. The van der Waals surface area contributed by atoms with Gasteiger partial charge in [-0.2, -0.15) is 0 Å². The maximum atomic E-state index is 14.4. The third kappa shape index (κ3) is 4.76. The molecule has 1 aromatic carbocycles. The molecule has 0 saturated carbocycles. The molecule has 9 heteroatoms. The second kappa shape index (κ2) is 11.5. The number of nitrogens with zero attached hydrogens (tertiary/aromatic N) is 3. The van der Waals surface area contributed by atoms with Crippen LogP contribution in [0.5, 0.6) is 0 Å². The van der Waals surface area contributed by atoms with Gasteiger partial charge in [0.2, 0.25) is 5.91 Å². The molecule has 212 valence electrons. The molecule has 2 unspecified atom stereocenters. The molecule has 0 radical (unpaired) electrons. The van der Waals surface area contributed by atoms with Gasteiger partial charge in [0.15, 0.2) is 0 Å². The van der Waals surface area contributed by atoms with Gasteiger partial charge in [-0.3, -0.25) is 14.4 Å². The minimum Gasteiger partial charge on any atom is -0.465 e. The van der Waals surface area contributed by atoms with Gasteiger partial charge in [-0.05, 0) is 64.3 Å². The SMILES string of the molecule is C=CCCOC(=O)[C@@H]1[C@H]2C(=O)N(CCO)C(C(=O)N(CC=C)c3ccc(N(CC)CC)cc3)C23CC[C@@]1(C)O3. The Hall–Kier alpha value is -3.17. The molecule has 2 bridgehead atoms. The van der Waals surface area contributed by atoms with Gasteiger partial charge in [-0.1, -0.05) is 12.2 Å². The van der Waals surface area contributed by atoms with Crippen molar-refractivity contribution in [3.05, 3.63) is 49.6 Å². The molecule has 1 spiro atoms. The number of aliphatic hydroxyl groups excluding tert-OH is 1. The predicted molar refractivity (Wildman–Crippen MR) is 149 cm³/mol. The van der Waals surface area contributed by atoms with Crippen LogP contribution in [-0.4, -0.2) is 84.4 Å². The fourth-order valence-corrected chi connectivity index (χ4v) is 6.78. The first-order valence-corrected chi connectivity index (χ1v) is 13.9. The molecule has 0 aromatic heterocycles. The molecule has 3 aliphatic heterocycles. The second-order valence-corrected chi connectivity index (χ2v) is 10.7. The lowest BCUT2D eigenvalue weighted by atomic mass is 9.66. The van der Waals surface area contributed by atoms with Crippen molar-refractivity contribution in [1.82, 2.24) is 4.90 Å². The Morgan fingerprint density at radius 2 is 1.82 bits per heavy atom. The van der Waals surface area contributed by atoms with E-state index < -0.39 is 35.0 Å². The van der Waals surface area contributed by atoms with Crippen molar-refractivity contribution in [2.24, 2.45) is 11.8 Å². The number of carbonyl (C=O) groups is 3. The topological polar surface area (TPSA) is 99.6 Å². The predicted octanol–water partition coefficient (Wildman–Crippen LogP) is 2.93. The third-order valence-electron chi connectivity index (χ3n) is 8.54. The Morgan fingerprint density at radius 1 is 1.15 bits per heavy atom. The van der Waals surface area contributed by atoms with Crippen molar-refractivity contribution in [2.45, 2.75) is 57.3 Å². The van der Waals surface area contributed by atoms with Crippen LogP contribution in [0.4, 0.5) is 11.4 Å². The Morgan fingerprint density at radius 3 is 2.41 bits per heavy atom. The van der Waals surface area contributed by atoms with E-state index in [1.807, 2.05) is 31.2 Å². The molecule has 39 heavy (non-hydrogen) atoms. The van der Waals surface area contributed by atoms with Gasteiger partial charge in [0.05, 0.1) is 24.7 Å². The highest BCUT2D eigenvalue weighted by Gasteiger charge is 2.78. The Balaban J connectivity index is 1.71. The largest absolute Gasteiger partial charge is 0.465 e. The first-order chi connectivity index (χ1) is 18.7. The zero-order valence-electron chi connectivity index (χ0n) is 23.3. The fourth-order valence-electron chi connectivity index (χ4n) is 6.78. The van der Waals surface area contributed by atoms with E-state index >= 15 is 0 Å². The third-order valence-corrected chi connectivity index (χ3v) is 8.54. The first-order valence-electron chi connectivity index (χ1n) is 13.9. The lowest BCUT2D eigenvalue weighted by molar-refractivity contribution is -0.159. The smallest absolute Gasteiger partial charge is 0.312 e. The van der Waals surface area contributed by atoms with E-state index in [9.17, 15) is 19.5 Å². The van der Waals surface area contributed by atoms with Crippen molar-refractivity contribution in [3.8, 4) is 0 Å². The summed E-state index contributed by atoms with van der Waals surface area (Å²) in [4.78, 5) is 46.8. The van der Waals surface area contributed by atoms with Crippen molar-refractivity contribution in [1.29, 1.82) is 0 Å². The quantitative estimate of drug-likeness (QED) is 0.234. The van der Waals surface area contributed by atoms with Crippen LogP contribution < -0.4 is 9.80 Å². The summed E-state index contributed by atoms with van der Waals surface area (Å²) < 4.78 is 12.1. The number of hydrogen-bond donors (Lipinski definition) is 1. The highest BCUT2D eigenvalue weighted by Crippen LogP contribution is 2.63. The van der Waals surface area contributed by atoms with Crippen LogP contribution in [0.25, 0.3) is 0 Å². The number of carbonyl (C=O) groups excluding carboxylic acids is 3. The van der Waals surface area contributed by atoms with Crippen LogP contribution in [0.2, 0.25) is 0 Å². The van der Waals surface area contributed by atoms with Crippen LogP contribution in [0.1, 0.15) is 40.0 Å². The van der Waals surface area contributed by atoms with Gasteiger partial charge in [0.25, 0.3) is 5.91 Å². The Bertz CT molecular complexity index is 1100. The van der Waals surface area contributed by atoms with E-state index in [1.165, 1.54) is 4.90 Å². The molecule has 1 aromatic rings. The van der Waals surface area contributed by atoms with E-state index in [4.69, 9.17) is 9.47 Å². The molecular weight excluding hydrogens is 498 g/mol. The number of anilines is 2. The average Bonchev–Trinajstić information content (AvgIpc) is 3.49. The zero-order valence-corrected chi connectivity index (χ0v) is 23.3. The average molecular weight is 540 g/mol. The number of esters is 1. The number of β-amino-alcohol motifs (C(OH)–C–C–N with tert-alkyl or cyclic N) is 1. The van der Waals surface area contributed by atoms with Crippen molar-refractivity contribution >= 4 is 29.2 Å². The van der Waals surface area contributed by atoms with Crippen LogP contribution >= 0.6 is 0 Å². The van der Waals surface area contributed by atoms with E-state index in [0.717, 1.165) is 18.8 Å². The summed E-state index contributed by atoms with van der Waals surface area (Å²) in [6.45, 7) is 15.3. The molecule has 0 aliphatic carbocycles. The van der Waals surface area contributed by atoms with E-state index in [2.05, 4.69) is 31.9 Å². The van der Waals surface area contributed by atoms with Crippen molar-refractivity contribution < 1.29 is 29.0 Å². The zero-order chi connectivity index (χ0) is 28.4. The van der Waals surface area contributed by atoms with Crippen molar-refractivity contribution in [2.75, 3.05) is 49.2 Å². The number of likely N-dealkylation sites (tertiary alicyclic amines) is 1. The molecule has 3 heterocycles. The summed E-state index contributed by atoms with van der Waals surface area (Å²) in [7, 11) is 0. The van der Waals surface area contributed by atoms with Gasteiger partial charge in [-0.25, -0.2) is 0 Å². The number of benzene rings is 1. The molecule has 2 amide bonds. The van der Waals surface area contributed by atoms with Crippen LogP contribution in [-0.2, 0) is 23.9 Å². The molecule has 4 rings (SSSR count). The first kappa shape index (κ1) is 28.8. The summed E-state index contributed by atoms with van der Waals surface area (Å²) >= 11 is 0. The Kier molecular flexibility index (Phi) is 8.51. The van der Waals surface area contributed by atoms with Crippen LogP contribution in [0, 0.1) is 11.8 Å². The molecule has 5 atom stereocenters. The minimum atomic E-state index is -1.18. The minimum absolute atomic E-state index is 0.0331. The number of fused-ring (bicyclic) bond motifs is 1.